The van der Waals surface area contributed by atoms with Gasteiger partial charge in [-0.25, -0.2) is 0 Å². The summed E-state index contributed by atoms with van der Waals surface area (Å²) in [6.07, 6.45) is 9.83. The van der Waals surface area contributed by atoms with Crippen LogP contribution in [0.5, 0.6) is 0 Å². The van der Waals surface area contributed by atoms with Crippen LogP contribution in [-0.4, -0.2) is 22.2 Å². The van der Waals surface area contributed by atoms with Gasteiger partial charge in [0.15, 0.2) is 0 Å². The number of nitrogens with two attached hydrogens (primary N) is 1. The molecule has 0 atom stereocenters. The first-order valence-electron chi connectivity index (χ1n) is 8.75. The van der Waals surface area contributed by atoms with Crippen molar-refractivity contribution in [1.29, 1.82) is 0 Å². The SMILES string of the molecule is Cl.NCC1(CC(=O)Nc2cnn(Cc3ccccc3)c2)CCCCC1. The predicted molar refractivity (Wildman–Crippen MR) is 103 cm³/mol. The molecule has 0 unspecified atom stereocenters. The fourth-order valence-corrected chi connectivity index (χ4v) is 3.59. The lowest BCUT2D eigenvalue weighted by Gasteiger charge is -2.35. The standard InChI is InChI=1S/C19H26N4O.ClH/c20-15-19(9-5-2-6-10-19)11-18(24)22-17-12-21-23(14-17)13-16-7-3-1-4-8-16;/h1,3-4,7-8,12,14H,2,5-6,9-11,13,15,20H2,(H,22,24);1H. The number of amides is 1. The molecule has 1 aromatic heterocycles. The van der Waals surface area contributed by atoms with Gasteiger partial charge in [-0.15, -0.1) is 12.4 Å². The molecule has 1 amide bonds. The normalized spacial score (nSPS) is 16.0. The van der Waals surface area contributed by atoms with Gasteiger partial charge in [-0.1, -0.05) is 49.6 Å². The largest absolute Gasteiger partial charge is 0.330 e. The number of hydrogen-bond acceptors (Lipinski definition) is 3. The maximum Gasteiger partial charge on any atom is 0.225 e. The van der Waals surface area contributed by atoms with Crippen molar-refractivity contribution in [1.82, 2.24) is 9.78 Å². The third-order valence-corrected chi connectivity index (χ3v) is 4.99. The molecule has 0 spiro atoms. The number of aromatic nitrogens is 2. The van der Waals surface area contributed by atoms with Crippen LogP contribution in [0.3, 0.4) is 0 Å². The van der Waals surface area contributed by atoms with E-state index in [9.17, 15) is 4.79 Å². The number of carbonyl (C=O) groups is 1. The molecule has 0 saturated heterocycles. The molecule has 3 N–H and O–H groups in total. The zero-order valence-corrected chi connectivity index (χ0v) is 15.3. The lowest BCUT2D eigenvalue weighted by atomic mass is 9.71. The van der Waals surface area contributed by atoms with Gasteiger partial charge in [0.05, 0.1) is 18.4 Å². The molecule has 1 aliphatic carbocycles. The Balaban J connectivity index is 0.00000225. The lowest BCUT2D eigenvalue weighted by Crippen LogP contribution is -2.36. The molecule has 1 fully saturated rings. The first-order chi connectivity index (χ1) is 11.7. The molecule has 0 aliphatic heterocycles. The van der Waals surface area contributed by atoms with Crippen molar-refractivity contribution in [3.8, 4) is 0 Å². The Bertz CT molecular complexity index is 665. The summed E-state index contributed by atoms with van der Waals surface area (Å²) in [5, 5.41) is 7.30. The summed E-state index contributed by atoms with van der Waals surface area (Å²) in [5.74, 6) is 0.0432. The highest BCUT2D eigenvalue weighted by Crippen LogP contribution is 2.38. The summed E-state index contributed by atoms with van der Waals surface area (Å²) >= 11 is 0. The van der Waals surface area contributed by atoms with Crippen LogP contribution in [0.15, 0.2) is 42.7 Å². The number of anilines is 1. The Morgan fingerprint density at radius 1 is 1.20 bits per heavy atom. The molecule has 1 aromatic carbocycles. The van der Waals surface area contributed by atoms with Crippen LogP contribution in [0.2, 0.25) is 0 Å². The third-order valence-electron chi connectivity index (χ3n) is 4.99. The van der Waals surface area contributed by atoms with E-state index in [4.69, 9.17) is 5.73 Å². The number of halogens is 1. The molecule has 25 heavy (non-hydrogen) atoms. The molecule has 1 aliphatic rings. The molecule has 136 valence electrons. The van der Waals surface area contributed by atoms with Crippen molar-refractivity contribution >= 4 is 24.0 Å². The molecule has 5 nitrogen and oxygen atoms in total. The summed E-state index contributed by atoms with van der Waals surface area (Å²) in [7, 11) is 0. The van der Waals surface area contributed by atoms with Gasteiger partial charge in [-0.05, 0) is 30.4 Å². The Labute approximate surface area is 155 Å². The van der Waals surface area contributed by atoms with Gasteiger partial charge in [0.2, 0.25) is 5.91 Å². The molecule has 1 saturated carbocycles. The Kier molecular flexibility index (Phi) is 7.02. The smallest absolute Gasteiger partial charge is 0.225 e. The highest BCUT2D eigenvalue weighted by molar-refractivity contribution is 5.90. The van der Waals surface area contributed by atoms with E-state index in [1.807, 2.05) is 29.1 Å². The minimum absolute atomic E-state index is 0. The molecule has 3 rings (SSSR count). The average molecular weight is 363 g/mol. The number of carbonyl (C=O) groups excluding carboxylic acids is 1. The Morgan fingerprint density at radius 2 is 1.92 bits per heavy atom. The first-order valence-corrected chi connectivity index (χ1v) is 8.75. The molecule has 1 heterocycles. The van der Waals surface area contributed by atoms with Crippen molar-refractivity contribution in [3.63, 3.8) is 0 Å². The maximum absolute atomic E-state index is 12.4. The summed E-state index contributed by atoms with van der Waals surface area (Å²) < 4.78 is 1.84. The van der Waals surface area contributed by atoms with Gasteiger partial charge >= 0.3 is 0 Å². The van der Waals surface area contributed by atoms with Crippen LogP contribution in [0.1, 0.15) is 44.1 Å². The number of benzene rings is 1. The lowest BCUT2D eigenvalue weighted by molar-refractivity contribution is -0.118. The summed E-state index contributed by atoms with van der Waals surface area (Å²) in [4.78, 5) is 12.4. The zero-order chi connectivity index (χ0) is 16.8. The minimum atomic E-state index is -0.0115. The number of nitrogens with zero attached hydrogens (tertiary/aromatic N) is 2. The van der Waals surface area contributed by atoms with Gasteiger partial charge in [-0.2, -0.15) is 5.10 Å². The molecule has 6 heteroatoms. The van der Waals surface area contributed by atoms with Crippen LogP contribution >= 0.6 is 12.4 Å². The van der Waals surface area contributed by atoms with Gasteiger partial charge < -0.3 is 11.1 Å². The average Bonchev–Trinajstić information content (AvgIpc) is 3.03. The highest BCUT2D eigenvalue weighted by Gasteiger charge is 2.33. The Hall–Kier alpha value is -1.85. The van der Waals surface area contributed by atoms with Crippen LogP contribution in [-0.2, 0) is 11.3 Å². The van der Waals surface area contributed by atoms with E-state index < -0.39 is 0 Å². The van der Waals surface area contributed by atoms with E-state index in [1.165, 1.54) is 24.8 Å². The van der Waals surface area contributed by atoms with E-state index in [0.717, 1.165) is 18.5 Å². The molecule has 0 radical (unpaired) electrons. The minimum Gasteiger partial charge on any atom is -0.330 e. The summed E-state index contributed by atoms with van der Waals surface area (Å²) in [5.41, 5.74) is 7.89. The van der Waals surface area contributed by atoms with E-state index in [1.54, 1.807) is 6.20 Å². The van der Waals surface area contributed by atoms with E-state index in [-0.39, 0.29) is 23.7 Å². The Morgan fingerprint density at radius 3 is 2.60 bits per heavy atom. The molecule has 0 bridgehead atoms. The van der Waals surface area contributed by atoms with E-state index >= 15 is 0 Å². The zero-order valence-electron chi connectivity index (χ0n) is 14.5. The quantitative estimate of drug-likeness (QED) is 0.824. The predicted octanol–water partition coefficient (Wildman–Crippen LogP) is 3.59. The monoisotopic (exact) mass is 362 g/mol. The van der Waals surface area contributed by atoms with Crippen LogP contribution in [0.25, 0.3) is 0 Å². The van der Waals surface area contributed by atoms with Crippen LogP contribution < -0.4 is 11.1 Å². The first kappa shape index (κ1) is 19.5. The van der Waals surface area contributed by atoms with Crippen molar-refractivity contribution in [2.45, 2.75) is 45.1 Å². The van der Waals surface area contributed by atoms with Crippen molar-refractivity contribution in [3.05, 3.63) is 48.3 Å². The van der Waals surface area contributed by atoms with Crippen molar-refractivity contribution < 1.29 is 4.79 Å². The van der Waals surface area contributed by atoms with Crippen molar-refractivity contribution in [2.75, 3.05) is 11.9 Å². The highest BCUT2D eigenvalue weighted by atomic mass is 35.5. The van der Waals surface area contributed by atoms with Gasteiger partial charge in [0, 0.05) is 12.6 Å². The van der Waals surface area contributed by atoms with Crippen molar-refractivity contribution in [2.24, 2.45) is 11.1 Å². The number of nitrogens with one attached hydrogen (secondary N) is 1. The maximum atomic E-state index is 12.4. The van der Waals surface area contributed by atoms with E-state index in [2.05, 4.69) is 22.5 Å². The topological polar surface area (TPSA) is 72.9 Å². The van der Waals surface area contributed by atoms with Crippen LogP contribution in [0.4, 0.5) is 5.69 Å². The van der Waals surface area contributed by atoms with Crippen LogP contribution in [0, 0.1) is 5.41 Å². The second kappa shape index (κ2) is 9.02. The third kappa shape index (κ3) is 5.31. The van der Waals surface area contributed by atoms with Gasteiger partial charge in [0.1, 0.15) is 0 Å². The fourth-order valence-electron chi connectivity index (χ4n) is 3.59. The fraction of sp³-hybridized carbons (Fsp3) is 0.474. The number of rotatable bonds is 6. The summed E-state index contributed by atoms with van der Waals surface area (Å²) in [6, 6.07) is 10.1. The van der Waals surface area contributed by atoms with Gasteiger partial charge in [-0.3, -0.25) is 9.48 Å². The second-order valence-corrected chi connectivity index (χ2v) is 6.90. The van der Waals surface area contributed by atoms with Gasteiger partial charge in [0.25, 0.3) is 0 Å². The number of hydrogen-bond donors (Lipinski definition) is 2. The molecule has 2 aromatic rings. The molecular formula is C19H27ClN4O. The molecular weight excluding hydrogens is 336 g/mol. The second-order valence-electron chi connectivity index (χ2n) is 6.90. The summed E-state index contributed by atoms with van der Waals surface area (Å²) in [6.45, 7) is 1.29. The van der Waals surface area contributed by atoms with E-state index in [0.29, 0.717) is 19.5 Å².